The van der Waals surface area contributed by atoms with Crippen LogP contribution in [-0.2, 0) is 11.3 Å². The number of piperazine rings is 1. The number of likely N-dealkylation sites (N-methyl/N-ethyl adjacent to an activating group) is 1. The van der Waals surface area contributed by atoms with Crippen LogP contribution in [0, 0.1) is 0 Å². The van der Waals surface area contributed by atoms with Gasteiger partial charge in [-0.3, -0.25) is 4.90 Å². The van der Waals surface area contributed by atoms with Crippen LogP contribution in [0.25, 0.3) is 0 Å². The van der Waals surface area contributed by atoms with Crippen LogP contribution >= 0.6 is 11.3 Å². The molecule has 2 saturated heterocycles. The van der Waals surface area contributed by atoms with E-state index in [0.29, 0.717) is 6.04 Å². The second kappa shape index (κ2) is 7.70. The maximum atomic E-state index is 9.19. The van der Waals surface area contributed by atoms with Gasteiger partial charge in [0.1, 0.15) is 0 Å². The highest BCUT2D eigenvalue weighted by molar-refractivity contribution is 7.15. The Labute approximate surface area is 136 Å². The van der Waals surface area contributed by atoms with Gasteiger partial charge in [-0.05, 0) is 13.5 Å². The zero-order valence-corrected chi connectivity index (χ0v) is 14.1. The van der Waals surface area contributed by atoms with Crippen molar-refractivity contribution in [1.82, 2.24) is 14.8 Å². The fraction of sp³-hybridized carbons (Fsp3) is 0.800. The molecule has 3 heterocycles. The summed E-state index contributed by atoms with van der Waals surface area (Å²) < 4.78 is 5.40. The van der Waals surface area contributed by atoms with Gasteiger partial charge >= 0.3 is 0 Å². The Kier molecular flexibility index (Phi) is 5.65. The quantitative estimate of drug-likeness (QED) is 0.849. The van der Waals surface area contributed by atoms with Gasteiger partial charge < -0.3 is 19.6 Å². The van der Waals surface area contributed by atoms with E-state index in [9.17, 15) is 5.11 Å². The first kappa shape index (κ1) is 16.1. The van der Waals surface area contributed by atoms with Crippen molar-refractivity contribution < 1.29 is 9.84 Å². The topological polar surface area (TPSA) is 52.1 Å². The van der Waals surface area contributed by atoms with Crippen LogP contribution < -0.4 is 4.90 Å². The fourth-order valence-corrected chi connectivity index (χ4v) is 4.11. The lowest BCUT2D eigenvalue weighted by atomic mass is 10.1. The van der Waals surface area contributed by atoms with Gasteiger partial charge in [0.25, 0.3) is 0 Å². The maximum absolute atomic E-state index is 9.19. The van der Waals surface area contributed by atoms with E-state index in [4.69, 9.17) is 4.74 Å². The predicted octanol–water partition coefficient (Wildman–Crippen LogP) is 0.478. The van der Waals surface area contributed by atoms with Crippen molar-refractivity contribution in [2.75, 3.05) is 64.5 Å². The van der Waals surface area contributed by atoms with Crippen molar-refractivity contribution >= 4 is 16.5 Å². The van der Waals surface area contributed by atoms with Gasteiger partial charge in [-0.15, -0.1) is 11.3 Å². The third-order valence-electron chi connectivity index (χ3n) is 4.53. The molecule has 124 valence electrons. The number of thiazole rings is 1. The van der Waals surface area contributed by atoms with E-state index in [1.54, 1.807) is 11.3 Å². The summed E-state index contributed by atoms with van der Waals surface area (Å²) in [6, 6.07) is 0.463. The highest BCUT2D eigenvalue weighted by Crippen LogP contribution is 2.25. The molecule has 1 aromatic heterocycles. The van der Waals surface area contributed by atoms with Crippen molar-refractivity contribution in [3.05, 3.63) is 11.1 Å². The van der Waals surface area contributed by atoms with Gasteiger partial charge in [0, 0.05) is 63.0 Å². The molecule has 0 aromatic carbocycles. The Balaban J connectivity index is 1.55. The molecule has 2 aliphatic heterocycles. The van der Waals surface area contributed by atoms with Gasteiger partial charge in [-0.25, -0.2) is 4.98 Å². The number of morpholine rings is 1. The first-order valence-electron chi connectivity index (χ1n) is 8.07. The molecule has 0 saturated carbocycles. The third-order valence-corrected chi connectivity index (χ3v) is 5.57. The number of rotatable bonds is 5. The molecule has 2 aliphatic rings. The molecule has 0 aliphatic carbocycles. The number of hydrogen-bond acceptors (Lipinski definition) is 7. The fourth-order valence-electron chi connectivity index (χ4n) is 3.11. The molecule has 0 spiro atoms. The minimum absolute atomic E-state index is 0.268. The SMILES string of the molecule is CN1CCN(Cc2cnc(N3CCOCC3)s2)CC1CCO. The molecule has 1 N–H and O–H groups in total. The van der Waals surface area contributed by atoms with E-state index >= 15 is 0 Å². The molecule has 0 bridgehead atoms. The molecule has 1 aromatic rings. The van der Waals surface area contributed by atoms with Crippen molar-refractivity contribution in [1.29, 1.82) is 0 Å². The Morgan fingerprint density at radius 3 is 2.91 bits per heavy atom. The van der Waals surface area contributed by atoms with Crippen molar-refractivity contribution in [2.45, 2.75) is 19.0 Å². The molecule has 1 unspecified atom stereocenters. The van der Waals surface area contributed by atoms with Gasteiger partial charge in [0.05, 0.1) is 13.2 Å². The summed E-state index contributed by atoms with van der Waals surface area (Å²) in [5.74, 6) is 0. The Morgan fingerprint density at radius 2 is 2.14 bits per heavy atom. The Morgan fingerprint density at radius 1 is 1.32 bits per heavy atom. The van der Waals surface area contributed by atoms with Crippen molar-refractivity contribution in [3.63, 3.8) is 0 Å². The lowest BCUT2D eigenvalue weighted by Crippen LogP contribution is -2.51. The van der Waals surface area contributed by atoms with E-state index in [2.05, 4.69) is 26.7 Å². The molecule has 3 rings (SSSR count). The van der Waals surface area contributed by atoms with Crippen LogP contribution in [0.2, 0.25) is 0 Å². The lowest BCUT2D eigenvalue weighted by Gasteiger charge is -2.39. The highest BCUT2D eigenvalue weighted by atomic mass is 32.1. The standard InChI is InChI=1S/C15H26N4O2S/c1-17-3-4-18(11-13(17)2-7-20)12-14-10-16-15(22-14)19-5-8-21-9-6-19/h10,13,20H,2-9,11-12H2,1H3. The molecule has 0 radical (unpaired) electrons. The van der Waals surface area contributed by atoms with Crippen molar-refractivity contribution in [2.24, 2.45) is 0 Å². The average Bonchev–Trinajstić information content (AvgIpc) is 3.00. The van der Waals surface area contributed by atoms with E-state index in [1.165, 1.54) is 4.88 Å². The zero-order valence-electron chi connectivity index (χ0n) is 13.3. The number of nitrogens with zero attached hydrogens (tertiary/aromatic N) is 4. The number of aliphatic hydroxyl groups excluding tert-OH is 1. The van der Waals surface area contributed by atoms with Crippen LogP contribution in [0.1, 0.15) is 11.3 Å². The van der Waals surface area contributed by atoms with Gasteiger partial charge in [0.15, 0.2) is 5.13 Å². The van der Waals surface area contributed by atoms with E-state index in [-0.39, 0.29) is 6.61 Å². The second-order valence-electron chi connectivity index (χ2n) is 6.09. The maximum Gasteiger partial charge on any atom is 0.185 e. The van der Waals surface area contributed by atoms with Crippen LogP contribution in [-0.4, -0.2) is 85.5 Å². The Hall–Kier alpha value is -0.730. The number of hydrogen-bond donors (Lipinski definition) is 1. The minimum atomic E-state index is 0.268. The van der Waals surface area contributed by atoms with E-state index in [1.807, 2.05) is 6.20 Å². The summed E-state index contributed by atoms with van der Waals surface area (Å²) in [6.07, 6.45) is 2.88. The molecular weight excluding hydrogens is 300 g/mol. The summed E-state index contributed by atoms with van der Waals surface area (Å²) in [6.45, 7) is 7.92. The van der Waals surface area contributed by atoms with E-state index < -0.39 is 0 Å². The molecule has 1 atom stereocenters. The summed E-state index contributed by atoms with van der Waals surface area (Å²) in [7, 11) is 2.15. The van der Waals surface area contributed by atoms with Crippen LogP contribution in [0.5, 0.6) is 0 Å². The van der Waals surface area contributed by atoms with Gasteiger partial charge in [-0.2, -0.15) is 0 Å². The first-order chi connectivity index (χ1) is 10.8. The molecule has 22 heavy (non-hydrogen) atoms. The number of ether oxygens (including phenoxy) is 1. The monoisotopic (exact) mass is 326 g/mol. The smallest absolute Gasteiger partial charge is 0.185 e. The second-order valence-corrected chi connectivity index (χ2v) is 7.18. The normalized spacial score (nSPS) is 24.8. The summed E-state index contributed by atoms with van der Waals surface area (Å²) in [4.78, 5) is 13.1. The van der Waals surface area contributed by atoms with Crippen LogP contribution in [0.15, 0.2) is 6.20 Å². The number of aliphatic hydroxyl groups is 1. The molecule has 0 amide bonds. The van der Waals surface area contributed by atoms with Gasteiger partial charge in [0.2, 0.25) is 0 Å². The zero-order chi connectivity index (χ0) is 15.4. The number of anilines is 1. The summed E-state index contributed by atoms with van der Waals surface area (Å²) in [5, 5.41) is 10.3. The van der Waals surface area contributed by atoms with Crippen LogP contribution in [0.3, 0.4) is 0 Å². The molecule has 7 heteroatoms. The van der Waals surface area contributed by atoms with Crippen LogP contribution in [0.4, 0.5) is 5.13 Å². The van der Waals surface area contributed by atoms with Gasteiger partial charge in [-0.1, -0.05) is 0 Å². The highest BCUT2D eigenvalue weighted by Gasteiger charge is 2.24. The van der Waals surface area contributed by atoms with E-state index in [0.717, 1.165) is 64.0 Å². The molecule has 6 nitrogen and oxygen atoms in total. The summed E-state index contributed by atoms with van der Waals surface area (Å²) in [5.41, 5.74) is 0. The number of aromatic nitrogens is 1. The largest absolute Gasteiger partial charge is 0.396 e. The molecular formula is C15H26N4O2S. The third kappa shape index (κ3) is 3.97. The first-order valence-corrected chi connectivity index (χ1v) is 8.89. The summed E-state index contributed by atoms with van der Waals surface area (Å²) >= 11 is 1.80. The Bertz CT molecular complexity index is 464. The lowest BCUT2D eigenvalue weighted by molar-refractivity contribution is 0.0748. The average molecular weight is 326 g/mol. The predicted molar refractivity (Wildman–Crippen MR) is 88.5 cm³/mol. The van der Waals surface area contributed by atoms with Crippen molar-refractivity contribution in [3.8, 4) is 0 Å². The minimum Gasteiger partial charge on any atom is -0.396 e. The molecule has 2 fully saturated rings.